The highest BCUT2D eigenvalue weighted by Gasteiger charge is 2.19. The number of para-hydroxylation sites is 1. The molecule has 0 bridgehead atoms. The van der Waals surface area contributed by atoms with Crippen molar-refractivity contribution in [1.29, 1.82) is 0 Å². The van der Waals surface area contributed by atoms with E-state index in [1.165, 1.54) is 6.26 Å². The molecule has 1 aliphatic rings. The number of nitrogens with one attached hydrogen (secondary N) is 1. The van der Waals surface area contributed by atoms with Crippen molar-refractivity contribution in [2.24, 2.45) is 0 Å². The molecule has 1 N–H and O–H groups in total. The minimum Gasteiger partial charge on any atom is -0.454 e. The van der Waals surface area contributed by atoms with E-state index in [4.69, 9.17) is 9.47 Å². The van der Waals surface area contributed by atoms with Crippen LogP contribution in [-0.4, -0.2) is 26.5 Å². The number of fused-ring (bicyclic) bond motifs is 2. The van der Waals surface area contributed by atoms with Gasteiger partial charge in [-0.15, -0.1) is 0 Å². The van der Waals surface area contributed by atoms with Gasteiger partial charge in [-0.2, -0.15) is 0 Å². The zero-order valence-corrected chi connectivity index (χ0v) is 15.9. The normalized spacial score (nSPS) is 13.2. The molecular weight excluding hydrogens is 374 g/mol. The van der Waals surface area contributed by atoms with Crippen LogP contribution in [-0.2, 0) is 9.84 Å². The molecule has 0 unspecified atom stereocenters. The quantitative estimate of drug-likeness (QED) is 0.553. The van der Waals surface area contributed by atoms with Crippen molar-refractivity contribution in [1.82, 2.24) is 4.98 Å². The van der Waals surface area contributed by atoms with E-state index in [1.807, 2.05) is 48.5 Å². The van der Waals surface area contributed by atoms with Crippen LogP contribution in [0.5, 0.6) is 11.5 Å². The zero-order valence-electron chi connectivity index (χ0n) is 15.1. The summed E-state index contributed by atoms with van der Waals surface area (Å²) in [7, 11) is -3.24. The Hall–Kier alpha value is -3.25. The van der Waals surface area contributed by atoms with Gasteiger partial charge in [-0.05, 0) is 41.5 Å². The fraction of sp³-hybridized carbons (Fsp3) is 0.0909. The molecule has 0 amide bonds. The maximum absolute atomic E-state index is 11.8. The Labute approximate surface area is 162 Å². The van der Waals surface area contributed by atoms with Crippen LogP contribution in [0.1, 0.15) is 0 Å². The van der Waals surface area contributed by atoms with Gasteiger partial charge < -0.3 is 14.5 Å². The third-order valence-corrected chi connectivity index (χ3v) is 6.07. The fourth-order valence-electron chi connectivity index (χ4n) is 3.58. The van der Waals surface area contributed by atoms with Crippen LogP contribution in [0.2, 0.25) is 0 Å². The van der Waals surface area contributed by atoms with E-state index in [0.717, 1.165) is 44.8 Å². The van der Waals surface area contributed by atoms with Crippen molar-refractivity contribution in [3.63, 3.8) is 0 Å². The van der Waals surface area contributed by atoms with Gasteiger partial charge in [0.1, 0.15) is 0 Å². The van der Waals surface area contributed by atoms with Crippen LogP contribution in [0.15, 0.2) is 71.6 Å². The number of hydrogen-bond acceptors (Lipinski definition) is 4. The van der Waals surface area contributed by atoms with Crippen LogP contribution in [0.3, 0.4) is 0 Å². The lowest BCUT2D eigenvalue weighted by molar-refractivity contribution is 0.174. The second-order valence-corrected chi connectivity index (χ2v) is 8.80. The SMILES string of the molecule is CS(=O)(=O)c1ccc(-c2[nH]c3ccccc3c2-c2ccc3c(c2)OCO3)cc1. The molecule has 0 fully saturated rings. The second-order valence-electron chi connectivity index (χ2n) is 6.79. The molecule has 6 heteroatoms. The van der Waals surface area contributed by atoms with Crippen molar-refractivity contribution in [2.45, 2.75) is 4.90 Å². The number of hydrogen-bond donors (Lipinski definition) is 1. The molecule has 5 rings (SSSR count). The van der Waals surface area contributed by atoms with Gasteiger partial charge in [0.25, 0.3) is 0 Å². The average Bonchev–Trinajstić information content (AvgIpc) is 3.31. The standard InChI is InChI=1S/C22H17NO4S/c1-28(24,25)16-9-6-14(7-10-16)22-21(17-4-2-3-5-18(17)23-22)15-8-11-19-20(12-15)27-13-26-19/h2-12,23H,13H2,1H3. The summed E-state index contributed by atoms with van der Waals surface area (Å²) in [6.45, 7) is 0.229. The van der Waals surface area contributed by atoms with Gasteiger partial charge >= 0.3 is 0 Å². The second kappa shape index (κ2) is 6.14. The number of benzene rings is 3. The van der Waals surface area contributed by atoms with Crippen LogP contribution in [0, 0.1) is 0 Å². The molecule has 1 aromatic heterocycles. The smallest absolute Gasteiger partial charge is 0.231 e. The first kappa shape index (κ1) is 16.9. The van der Waals surface area contributed by atoms with Crippen molar-refractivity contribution < 1.29 is 17.9 Å². The first-order valence-electron chi connectivity index (χ1n) is 8.82. The molecule has 0 saturated heterocycles. The summed E-state index contributed by atoms with van der Waals surface area (Å²) in [5.74, 6) is 1.46. The number of aromatic amines is 1. The number of aromatic nitrogens is 1. The molecule has 28 heavy (non-hydrogen) atoms. The van der Waals surface area contributed by atoms with Gasteiger partial charge in [0, 0.05) is 22.7 Å². The molecule has 0 saturated carbocycles. The maximum atomic E-state index is 11.8. The lowest BCUT2D eigenvalue weighted by Gasteiger charge is -2.08. The molecule has 0 aliphatic carbocycles. The lowest BCUT2D eigenvalue weighted by atomic mass is 9.98. The van der Waals surface area contributed by atoms with Gasteiger partial charge in [-0.3, -0.25) is 0 Å². The minimum atomic E-state index is -3.24. The summed E-state index contributed by atoms with van der Waals surface area (Å²) in [5, 5.41) is 1.09. The van der Waals surface area contributed by atoms with E-state index < -0.39 is 9.84 Å². The third-order valence-electron chi connectivity index (χ3n) is 4.94. The number of H-pyrrole nitrogens is 1. The molecule has 5 nitrogen and oxygen atoms in total. The molecule has 0 atom stereocenters. The Morgan fingerprint density at radius 1 is 0.857 bits per heavy atom. The Morgan fingerprint density at radius 3 is 2.36 bits per heavy atom. The van der Waals surface area contributed by atoms with Gasteiger partial charge in [-0.25, -0.2) is 8.42 Å². The Balaban J connectivity index is 1.73. The summed E-state index contributed by atoms with van der Waals surface area (Å²) in [6.07, 6.45) is 1.21. The van der Waals surface area contributed by atoms with Crippen LogP contribution in [0.25, 0.3) is 33.3 Å². The van der Waals surface area contributed by atoms with Crippen molar-refractivity contribution in [3.05, 3.63) is 66.7 Å². The monoisotopic (exact) mass is 391 g/mol. The van der Waals surface area contributed by atoms with Crippen molar-refractivity contribution in [3.8, 4) is 33.9 Å². The number of ether oxygens (including phenoxy) is 2. The number of rotatable bonds is 3. The molecule has 1 aliphatic heterocycles. The topological polar surface area (TPSA) is 68.4 Å². The van der Waals surface area contributed by atoms with E-state index in [9.17, 15) is 8.42 Å². The van der Waals surface area contributed by atoms with Gasteiger partial charge in [0.2, 0.25) is 6.79 Å². The van der Waals surface area contributed by atoms with Crippen molar-refractivity contribution in [2.75, 3.05) is 13.0 Å². The van der Waals surface area contributed by atoms with E-state index in [1.54, 1.807) is 12.1 Å². The molecule has 0 radical (unpaired) electrons. The highest BCUT2D eigenvalue weighted by atomic mass is 32.2. The van der Waals surface area contributed by atoms with Gasteiger partial charge in [0.05, 0.1) is 10.6 Å². The average molecular weight is 391 g/mol. The third kappa shape index (κ3) is 2.73. The van der Waals surface area contributed by atoms with Crippen LogP contribution in [0.4, 0.5) is 0 Å². The number of sulfone groups is 1. The van der Waals surface area contributed by atoms with E-state index in [2.05, 4.69) is 11.1 Å². The first-order chi connectivity index (χ1) is 13.5. The maximum Gasteiger partial charge on any atom is 0.231 e. The molecule has 0 spiro atoms. The van der Waals surface area contributed by atoms with E-state index in [-0.39, 0.29) is 6.79 Å². The predicted octanol–water partition coefficient (Wildman–Crippen LogP) is 4.63. The predicted molar refractivity (Wildman–Crippen MR) is 108 cm³/mol. The van der Waals surface area contributed by atoms with E-state index >= 15 is 0 Å². The summed E-state index contributed by atoms with van der Waals surface area (Å²) in [6, 6.07) is 20.9. The lowest BCUT2D eigenvalue weighted by Crippen LogP contribution is -1.96. The zero-order chi connectivity index (χ0) is 19.3. The largest absolute Gasteiger partial charge is 0.454 e. The van der Waals surface area contributed by atoms with Crippen LogP contribution >= 0.6 is 0 Å². The minimum absolute atomic E-state index is 0.229. The Morgan fingerprint density at radius 2 is 1.57 bits per heavy atom. The summed E-state index contributed by atoms with van der Waals surface area (Å²) < 4.78 is 34.5. The van der Waals surface area contributed by atoms with E-state index in [0.29, 0.717) is 4.90 Å². The van der Waals surface area contributed by atoms with Gasteiger partial charge in [0.15, 0.2) is 21.3 Å². The molecular formula is C22H17NO4S. The van der Waals surface area contributed by atoms with Crippen LogP contribution < -0.4 is 9.47 Å². The first-order valence-corrected chi connectivity index (χ1v) is 10.7. The summed E-state index contributed by atoms with van der Waals surface area (Å²) in [5.41, 5.74) is 4.90. The summed E-state index contributed by atoms with van der Waals surface area (Å²) in [4.78, 5) is 3.79. The molecule has 4 aromatic rings. The molecule has 140 valence electrons. The molecule has 3 aromatic carbocycles. The van der Waals surface area contributed by atoms with Gasteiger partial charge in [-0.1, -0.05) is 36.4 Å². The summed E-state index contributed by atoms with van der Waals surface area (Å²) >= 11 is 0. The highest BCUT2D eigenvalue weighted by Crippen LogP contribution is 2.42. The Bertz CT molecular complexity index is 1300. The highest BCUT2D eigenvalue weighted by molar-refractivity contribution is 7.90. The Kier molecular flexibility index (Phi) is 3.70. The molecule has 2 heterocycles. The fourth-order valence-corrected chi connectivity index (χ4v) is 4.21. The van der Waals surface area contributed by atoms with Crippen molar-refractivity contribution >= 4 is 20.7 Å².